The fourth-order valence-electron chi connectivity index (χ4n) is 3.64. The van der Waals surface area contributed by atoms with Crippen LogP contribution >= 0.6 is 11.8 Å². The summed E-state index contributed by atoms with van der Waals surface area (Å²) in [7, 11) is 1.73. The minimum Gasteiger partial charge on any atom is -0.344 e. The van der Waals surface area contributed by atoms with Crippen molar-refractivity contribution in [3.8, 4) is 11.4 Å². The Morgan fingerprint density at radius 2 is 1.76 bits per heavy atom. The molecule has 174 valence electrons. The number of hydrogen-bond donors (Lipinski definition) is 1. The Bertz CT molecular complexity index is 1290. The highest BCUT2D eigenvalue weighted by molar-refractivity contribution is 7.99. The molecule has 8 heteroatoms. The Labute approximate surface area is 201 Å². The molecule has 0 fully saturated rings. The van der Waals surface area contributed by atoms with Crippen molar-refractivity contribution in [2.24, 2.45) is 7.05 Å². The molecule has 0 aliphatic heterocycles. The Morgan fingerprint density at radius 1 is 1.00 bits per heavy atom. The maximum atomic E-state index is 14.1. The first-order valence-electron chi connectivity index (χ1n) is 10.9. The van der Waals surface area contributed by atoms with Crippen molar-refractivity contribution in [3.05, 3.63) is 101 Å². The first-order chi connectivity index (χ1) is 16.5. The number of aromatic nitrogens is 3. The van der Waals surface area contributed by atoms with Gasteiger partial charge in [-0.2, -0.15) is 0 Å². The smallest absolute Gasteiger partial charge is 0.231 e. The largest absolute Gasteiger partial charge is 0.344 e. The number of aryl methyl sites for hydroxylation is 1. The van der Waals surface area contributed by atoms with E-state index < -0.39 is 6.04 Å². The summed E-state index contributed by atoms with van der Waals surface area (Å²) in [6.07, 6.45) is 0.903. The lowest BCUT2D eigenvalue weighted by Crippen LogP contribution is -2.30. The van der Waals surface area contributed by atoms with Crippen molar-refractivity contribution in [1.82, 2.24) is 20.1 Å². The first kappa shape index (κ1) is 23.6. The van der Waals surface area contributed by atoms with Crippen LogP contribution in [0.2, 0.25) is 0 Å². The van der Waals surface area contributed by atoms with Gasteiger partial charge in [0.05, 0.1) is 17.4 Å². The van der Waals surface area contributed by atoms with Crippen LogP contribution in [0.25, 0.3) is 11.4 Å². The van der Waals surface area contributed by atoms with Crippen LogP contribution in [0.5, 0.6) is 0 Å². The monoisotopic (exact) mass is 478 g/mol. The normalized spacial score (nSPS) is 11.9. The number of carbonyl (C=O) groups is 1. The lowest BCUT2D eigenvalue weighted by Gasteiger charge is -2.20. The molecule has 34 heavy (non-hydrogen) atoms. The highest BCUT2D eigenvalue weighted by atomic mass is 32.2. The number of rotatable bonds is 8. The summed E-state index contributed by atoms with van der Waals surface area (Å²) >= 11 is 1.20. The molecular weight excluding hydrogens is 454 g/mol. The highest BCUT2D eigenvalue weighted by Gasteiger charge is 2.20. The predicted octanol–water partition coefficient (Wildman–Crippen LogP) is 5.32. The number of benzene rings is 3. The van der Waals surface area contributed by atoms with Crippen LogP contribution in [0.1, 0.15) is 29.7 Å². The molecule has 1 heterocycles. The summed E-state index contributed by atoms with van der Waals surface area (Å²) in [4.78, 5) is 12.9. The third-order valence-corrected chi connectivity index (χ3v) is 6.51. The van der Waals surface area contributed by atoms with Gasteiger partial charge < -0.3 is 9.88 Å². The van der Waals surface area contributed by atoms with Gasteiger partial charge in [-0.3, -0.25) is 4.79 Å². The summed E-state index contributed by atoms with van der Waals surface area (Å²) in [6, 6.07) is 20.0. The SMILES string of the molecule is CCc1ccc([C@@H](NC(=O)CSc2nnc(-c3ccccc3F)n2C)c2cccc(F)c2)cc1. The second kappa shape index (κ2) is 10.6. The van der Waals surface area contributed by atoms with Gasteiger partial charge in [0.15, 0.2) is 11.0 Å². The van der Waals surface area contributed by atoms with Crippen LogP contribution in [0.4, 0.5) is 8.78 Å². The third kappa shape index (κ3) is 5.34. The zero-order valence-electron chi connectivity index (χ0n) is 18.8. The van der Waals surface area contributed by atoms with Crippen molar-refractivity contribution in [3.63, 3.8) is 0 Å². The van der Waals surface area contributed by atoms with E-state index in [9.17, 15) is 13.6 Å². The average molecular weight is 479 g/mol. The minimum absolute atomic E-state index is 0.0715. The molecule has 1 atom stereocenters. The van der Waals surface area contributed by atoms with E-state index >= 15 is 0 Å². The van der Waals surface area contributed by atoms with Crippen molar-refractivity contribution in [1.29, 1.82) is 0 Å². The number of carbonyl (C=O) groups excluding carboxylic acids is 1. The number of thioether (sulfide) groups is 1. The Balaban J connectivity index is 1.50. The zero-order valence-corrected chi connectivity index (χ0v) is 19.7. The molecule has 0 aliphatic rings. The van der Waals surface area contributed by atoms with Crippen molar-refractivity contribution < 1.29 is 13.6 Å². The van der Waals surface area contributed by atoms with Gasteiger partial charge in [-0.15, -0.1) is 10.2 Å². The second-order valence-electron chi connectivity index (χ2n) is 7.78. The molecule has 0 saturated carbocycles. The van der Waals surface area contributed by atoms with E-state index in [0.29, 0.717) is 22.1 Å². The molecule has 0 aliphatic carbocycles. The molecule has 4 rings (SSSR count). The molecule has 1 aromatic heterocycles. The maximum absolute atomic E-state index is 14.1. The van der Waals surface area contributed by atoms with Gasteiger partial charge in [0, 0.05) is 7.05 Å². The Morgan fingerprint density at radius 3 is 2.47 bits per heavy atom. The van der Waals surface area contributed by atoms with Gasteiger partial charge in [0.25, 0.3) is 0 Å². The number of amides is 1. The van der Waals surface area contributed by atoms with Crippen LogP contribution in [0, 0.1) is 11.6 Å². The van der Waals surface area contributed by atoms with Crippen LogP contribution in [-0.2, 0) is 18.3 Å². The first-order valence-corrected chi connectivity index (χ1v) is 11.9. The summed E-state index contributed by atoms with van der Waals surface area (Å²) in [5.74, 6) is -0.540. The molecule has 3 aromatic carbocycles. The van der Waals surface area contributed by atoms with Crippen LogP contribution in [-0.4, -0.2) is 26.4 Å². The minimum atomic E-state index is -0.497. The fraction of sp³-hybridized carbons (Fsp3) is 0.192. The van der Waals surface area contributed by atoms with E-state index in [0.717, 1.165) is 12.0 Å². The average Bonchev–Trinajstić information content (AvgIpc) is 3.21. The van der Waals surface area contributed by atoms with E-state index in [1.54, 1.807) is 41.9 Å². The van der Waals surface area contributed by atoms with Crippen LogP contribution < -0.4 is 5.32 Å². The molecule has 0 radical (unpaired) electrons. The predicted molar refractivity (Wildman–Crippen MR) is 129 cm³/mol. The van der Waals surface area contributed by atoms with E-state index in [2.05, 4.69) is 22.4 Å². The quantitative estimate of drug-likeness (QED) is 0.348. The molecule has 0 spiro atoms. The summed E-state index contributed by atoms with van der Waals surface area (Å²) in [5.41, 5.74) is 3.04. The lowest BCUT2D eigenvalue weighted by atomic mass is 9.97. The number of hydrogen-bond acceptors (Lipinski definition) is 4. The fourth-order valence-corrected chi connectivity index (χ4v) is 4.36. The standard InChI is InChI=1S/C26H24F2N4OS/c1-3-17-11-13-18(14-12-17)24(19-7-6-8-20(27)15-19)29-23(33)16-34-26-31-30-25(32(26)2)21-9-4-5-10-22(21)28/h4-15,24H,3,16H2,1-2H3,(H,29,33)/t24-/m1/s1. The Hall–Kier alpha value is -3.52. The third-order valence-electron chi connectivity index (χ3n) is 5.49. The highest BCUT2D eigenvalue weighted by Crippen LogP contribution is 2.26. The van der Waals surface area contributed by atoms with Crippen molar-refractivity contribution in [2.75, 3.05) is 5.75 Å². The van der Waals surface area contributed by atoms with Crippen LogP contribution in [0.3, 0.4) is 0 Å². The summed E-state index contributed by atoms with van der Waals surface area (Å²) in [6.45, 7) is 2.07. The molecule has 1 N–H and O–H groups in total. The number of halogens is 2. The molecule has 4 aromatic rings. The van der Waals surface area contributed by atoms with Crippen molar-refractivity contribution >= 4 is 17.7 Å². The molecule has 0 unspecified atom stereocenters. The van der Waals surface area contributed by atoms with Gasteiger partial charge in [-0.1, -0.05) is 67.2 Å². The molecule has 5 nitrogen and oxygen atoms in total. The molecular formula is C26H24F2N4OS. The van der Waals surface area contributed by atoms with Gasteiger partial charge in [-0.05, 0) is 47.4 Å². The van der Waals surface area contributed by atoms with Gasteiger partial charge >= 0.3 is 0 Å². The van der Waals surface area contributed by atoms with E-state index in [1.165, 1.54) is 35.5 Å². The van der Waals surface area contributed by atoms with Gasteiger partial charge in [0.1, 0.15) is 11.6 Å². The molecule has 1 amide bonds. The number of nitrogens with zero attached hydrogens (tertiary/aromatic N) is 3. The number of nitrogens with one attached hydrogen (secondary N) is 1. The van der Waals surface area contributed by atoms with Gasteiger partial charge in [0.2, 0.25) is 5.91 Å². The molecule has 0 bridgehead atoms. The van der Waals surface area contributed by atoms with E-state index in [1.807, 2.05) is 24.3 Å². The topological polar surface area (TPSA) is 59.8 Å². The van der Waals surface area contributed by atoms with E-state index in [4.69, 9.17) is 0 Å². The lowest BCUT2D eigenvalue weighted by molar-refractivity contribution is -0.119. The van der Waals surface area contributed by atoms with Crippen molar-refractivity contribution in [2.45, 2.75) is 24.5 Å². The van der Waals surface area contributed by atoms with E-state index in [-0.39, 0.29) is 23.3 Å². The zero-order chi connectivity index (χ0) is 24.1. The maximum Gasteiger partial charge on any atom is 0.231 e. The summed E-state index contributed by atoms with van der Waals surface area (Å²) in [5, 5.41) is 11.7. The molecule has 0 saturated heterocycles. The van der Waals surface area contributed by atoms with Gasteiger partial charge in [-0.25, -0.2) is 8.78 Å². The Kier molecular flexibility index (Phi) is 7.37. The van der Waals surface area contributed by atoms with Crippen LogP contribution in [0.15, 0.2) is 78.0 Å². The second-order valence-corrected chi connectivity index (χ2v) is 8.73. The summed E-state index contributed by atoms with van der Waals surface area (Å²) < 4.78 is 29.7.